The maximum absolute atomic E-state index is 12.9. The molecule has 10 heteroatoms. The fourth-order valence-electron chi connectivity index (χ4n) is 4.73. The number of nitrogens with zero attached hydrogens (tertiary/aromatic N) is 3. The summed E-state index contributed by atoms with van der Waals surface area (Å²) >= 11 is 0. The van der Waals surface area contributed by atoms with Gasteiger partial charge >= 0.3 is 0 Å². The lowest BCUT2D eigenvalue weighted by molar-refractivity contribution is -0.115. The van der Waals surface area contributed by atoms with Crippen molar-refractivity contribution in [1.82, 2.24) is 14.8 Å². The van der Waals surface area contributed by atoms with Crippen LogP contribution in [0.25, 0.3) is 0 Å². The monoisotopic (exact) mass is 529 g/mol. The maximum atomic E-state index is 12.9. The van der Waals surface area contributed by atoms with Crippen molar-refractivity contribution in [3.63, 3.8) is 0 Å². The van der Waals surface area contributed by atoms with E-state index in [9.17, 15) is 4.79 Å². The minimum absolute atomic E-state index is 0.0185. The van der Waals surface area contributed by atoms with Gasteiger partial charge in [-0.3, -0.25) is 10.1 Å². The summed E-state index contributed by atoms with van der Waals surface area (Å²) in [7, 11) is 6.43. The highest BCUT2D eigenvalue weighted by Crippen LogP contribution is 2.39. The van der Waals surface area contributed by atoms with Crippen molar-refractivity contribution in [2.75, 3.05) is 39.1 Å². The van der Waals surface area contributed by atoms with Crippen LogP contribution in [0.2, 0.25) is 0 Å². The van der Waals surface area contributed by atoms with E-state index in [0.717, 1.165) is 34.6 Å². The van der Waals surface area contributed by atoms with E-state index in [1.807, 2.05) is 59.3 Å². The molecule has 0 bridgehead atoms. The summed E-state index contributed by atoms with van der Waals surface area (Å²) in [6.45, 7) is 0. The van der Waals surface area contributed by atoms with Crippen LogP contribution >= 0.6 is 0 Å². The third kappa shape index (κ3) is 5.59. The quantitative estimate of drug-likeness (QED) is 0.323. The van der Waals surface area contributed by atoms with Crippen molar-refractivity contribution in [3.05, 3.63) is 83.4 Å². The zero-order chi connectivity index (χ0) is 27.4. The number of carbonyl (C=O) groups is 1. The lowest BCUT2D eigenvalue weighted by Gasteiger charge is -2.31. The topological polar surface area (TPSA) is 109 Å². The van der Waals surface area contributed by atoms with Gasteiger partial charge in [0.05, 0.1) is 46.9 Å². The zero-order valence-corrected chi connectivity index (χ0v) is 22.3. The number of benzene rings is 3. The number of methoxy groups -OCH3 is 4. The number of rotatable bonds is 9. The summed E-state index contributed by atoms with van der Waals surface area (Å²) in [5.74, 6) is 3.31. The Labute approximate surface area is 226 Å². The van der Waals surface area contributed by atoms with Crippen LogP contribution in [0, 0.1) is 0 Å². The van der Waals surface area contributed by atoms with Crippen molar-refractivity contribution in [3.8, 4) is 23.0 Å². The third-order valence-electron chi connectivity index (χ3n) is 6.77. The molecule has 1 aliphatic heterocycles. The van der Waals surface area contributed by atoms with E-state index in [0.29, 0.717) is 17.4 Å². The van der Waals surface area contributed by atoms with Gasteiger partial charge in [-0.1, -0.05) is 30.3 Å². The van der Waals surface area contributed by atoms with Gasteiger partial charge in [0.15, 0.2) is 11.5 Å². The highest BCUT2D eigenvalue weighted by molar-refractivity contribution is 5.90. The predicted octanol–water partition coefficient (Wildman–Crippen LogP) is 4.64. The van der Waals surface area contributed by atoms with Crippen LogP contribution in [0.3, 0.4) is 0 Å². The fraction of sp³-hybridized carbons (Fsp3) is 0.276. The SMILES string of the molecule is COc1ccc(C2CC(c3ccc(OC)cc3)n3nc(NC(=O)Cc4ccc(OC)c(OC)c4)nc3N2)cc1. The molecule has 202 valence electrons. The largest absolute Gasteiger partial charge is 0.497 e. The molecule has 4 aromatic rings. The number of nitrogens with one attached hydrogen (secondary N) is 2. The van der Waals surface area contributed by atoms with E-state index in [-0.39, 0.29) is 30.4 Å². The first-order chi connectivity index (χ1) is 19.0. The second-order valence-electron chi connectivity index (χ2n) is 9.11. The third-order valence-corrected chi connectivity index (χ3v) is 6.77. The van der Waals surface area contributed by atoms with Gasteiger partial charge in [0.1, 0.15) is 11.5 Å². The van der Waals surface area contributed by atoms with Crippen molar-refractivity contribution < 1.29 is 23.7 Å². The van der Waals surface area contributed by atoms with Gasteiger partial charge < -0.3 is 24.3 Å². The van der Waals surface area contributed by atoms with Crippen molar-refractivity contribution in [2.45, 2.75) is 24.9 Å². The van der Waals surface area contributed by atoms with Crippen LogP contribution in [-0.4, -0.2) is 49.1 Å². The van der Waals surface area contributed by atoms with Gasteiger partial charge in [0, 0.05) is 0 Å². The summed E-state index contributed by atoms with van der Waals surface area (Å²) in [5.41, 5.74) is 2.94. The first kappa shape index (κ1) is 25.9. The van der Waals surface area contributed by atoms with Crippen LogP contribution in [-0.2, 0) is 11.2 Å². The molecule has 5 rings (SSSR count). The number of carbonyl (C=O) groups excluding carboxylic acids is 1. The molecular weight excluding hydrogens is 498 g/mol. The van der Waals surface area contributed by atoms with E-state index in [2.05, 4.69) is 20.7 Å². The van der Waals surface area contributed by atoms with Gasteiger partial charge in [-0.05, 0) is 59.5 Å². The highest BCUT2D eigenvalue weighted by Gasteiger charge is 2.31. The zero-order valence-electron chi connectivity index (χ0n) is 22.3. The van der Waals surface area contributed by atoms with E-state index in [1.165, 1.54) is 0 Å². The Morgan fingerprint density at radius 1 is 0.872 bits per heavy atom. The fourth-order valence-corrected chi connectivity index (χ4v) is 4.73. The highest BCUT2D eigenvalue weighted by atomic mass is 16.5. The molecule has 2 N–H and O–H groups in total. The van der Waals surface area contributed by atoms with Crippen LogP contribution in [0.4, 0.5) is 11.9 Å². The number of amides is 1. The average Bonchev–Trinajstić information content (AvgIpc) is 3.38. The van der Waals surface area contributed by atoms with Crippen LogP contribution in [0.1, 0.15) is 35.2 Å². The molecule has 1 aliphatic rings. The number of aromatic nitrogens is 3. The molecule has 0 aliphatic carbocycles. The van der Waals surface area contributed by atoms with E-state index in [1.54, 1.807) is 40.6 Å². The minimum atomic E-state index is -0.238. The standard InChI is InChI=1S/C29H31N5O5/c1-36-21-10-6-19(7-11-21)23-17-24(20-8-12-22(37-2)13-9-20)34-29(30-23)32-28(33-34)31-27(35)16-18-5-14-25(38-3)26(15-18)39-4/h5-15,23-24H,16-17H2,1-4H3,(H2,30,31,32,33,35). The molecule has 2 atom stereocenters. The molecule has 3 aromatic carbocycles. The Hall–Kier alpha value is -4.73. The van der Waals surface area contributed by atoms with Crippen molar-refractivity contribution in [2.24, 2.45) is 0 Å². The molecule has 0 saturated heterocycles. The molecule has 0 fully saturated rings. The summed E-state index contributed by atoms with van der Waals surface area (Å²) in [4.78, 5) is 17.5. The summed E-state index contributed by atoms with van der Waals surface area (Å²) in [6, 6.07) is 21.1. The Morgan fingerprint density at radius 2 is 1.51 bits per heavy atom. The second-order valence-corrected chi connectivity index (χ2v) is 9.11. The molecule has 0 radical (unpaired) electrons. The molecule has 39 heavy (non-hydrogen) atoms. The van der Waals surface area contributed by atoms with Gasteiger partial charge in [-0.2, -0.15) is 4.98 Å². The first-order valence-electron chi connectivity index (χ1n) is 12.5. The Kier molecular flexibility index (Phi) is 7.53. The molecule has 1 amide bonds. The molecule has 1 aromatic heterocycles. The molecule has 2 unspecified atom stereocenters. The van der Waals surface area contributed by atoms with Crippen molar-refractivity contribution in [1.29, 1.82) is 0 Å². The first-order valence-corrected chi connectivity index (χ1v) is 12.5. The molecule has 2 heterocycles. The maximum Gasteiger partial charge on any atom is 0.250 e. The summed E-state index contributed by atoms with van der Waals surface area (Å²) in [5, 5.41) is 11.0. The van der Waals surface area contributed by atoms with Crippen LogP contribution in [0.15, 0.2) is 66.7 Å². The number of hydrogen-bond donors (Lipinski definition) is 2. The molecule has 10 nitrogen and oxygen atoms in total. The van der Waals surface area contributed by atoms with Gasteiger partial charge in [-0.25, -0.2) is 4.68 Å². The lowest BCUT2D eigenvalue weighted by Crippen LogP contribution is -2.28. The minimum Gasteiger partial charge on any atom is -0.497 e. The Bertz CT molecular complexity index is 1440. The number of fused-ring (bicyclic) bond motifs is 1. The number of ether oxygens (including phenoxy) is 4. The van der Waals surface area contributed by atoms with E-state index < -0.39 is 0 Å². The predicted molar refractivity (Wildman–Crippen MR) is 147 cm³/mol. The molecule has 0 spiro atoms. The molecule has 0 saturated carbocycles. The smallest absolute Gasteiger partial charge is 0.250 e. The Morgan fingerprint density at radius 3 is 2.13 bits per heavy atom. The lowest BCUT2D eigenvalue weighted by atomic mass is 9.93. The summed E-state index contributed by atoms with van der Waals surface area (Å²) < 4.78 is 23.1. The molecular formula is C29H31N5O5. The normalized spacial score (nSPS) is 16.0. The summed E-state index contributed by atoms with van der Waals surface area (Å²) in [6.07, 6.45) is 0.863. The van der Waals surface area contributed by atoms with Gasteiger partial charge in [0.2, 0.25) is 11.9 Å². The average molecular weight is 530 g/mol. The number of hydrogen-bond acceptors (Lipinski definition) is 8. The number of anilines is 2. The van der Waals surface area contributed by atoms with Crippen LogP contribution < -0.4 is 29.6 Å². The van der Waals surface area contributed by atoms with E-state index in [4.69, 9.17) is 18.9 Å². The van der Waals surface area contributed by atoms with E-state index >= 15 is 0 Å². The van der Waals surface area contributed by atoms with Crippen molar-refractivity contribution >= 4 is 17.8 Å². The van der Waals surface area contributed by atoms with Gasteiger partial charge in [-0.15, -0.1) is 5.10 Å². The van der Waals surface area contributed by atoms with Crippen LogP contribution in [0.5, 0.6) is 23.0 Å². The van der Waals surface area contributed by atoms with Gasteiger partial charge in [0.25, 0.3) is 5.95 Å². The Balaban J connectivity index is 1.40. The second kappa shape index (κ2) is 11.3.